The fraction of sp³-hybridized carbons (Fsp3) is 1.00. The summed E-state index contributed by atoms with van der Waals surface area (Å²) >= 11 is 0. The molecule has 0 aromatic rings. The van der Waals surface area contributed by atoms with Crippen LogP contribution in [0.3, 0.4) is 0 Å². The Labute approximate surface area is 109 Å². The molecule has 0 aromatic carbocycles. The molecule has 1 nitrogen and oxygen atoms in total. The normalized spacial score (nSPS) is 26.8. The van der Waals surface area contributed by atoms with E-state index in [1.807, 2.05) is 0 Å². The fourth-order valence-corrected chi connectivity index (χ4v) is 3.19. The van der Waals surface area contributed by atoms with Crippen LogP contribution in [-0.4, -0.2) is 12.1 Å². The minimum absolute atomic E-state index is 0.483. The first-order valence-corrected chi connectivity index (χ1v) is 7.72. The molecule has 0 bridgehead atoms. The molecule has 0 radical (unpaired) electrons. The molecule has 0 amide bonds. The zero-order valence-corrected chi connectivity index (χ0v) is 12.6. The maximum absolute atomic E-state index is 3.88. The highest BCUT2D eigenvalue weighted by Crippen LogP contribution is 2.31. The van der Waals surface area contributed by atoms with Gasteiger partial charge in [0, 0.05) is 5.54 Å². The first-order chi connectivity index (χ1) is 7.97. The lowest BCUT2D eigenvalue weighted by Crippen LogP contribution is -2.44. The molecule has 0 spiro atoms. The predicted octanol–water partition coefficient (Wildman–Crippen LogP) is 4.91. The van der Waals surface area contributed by atoms with Crippen molar-refractivity contribution in [2.45, 2.75) is 91.0 Å². The third kappa shape index (κ3) is 5.90. The third-order valence-electron chi connectivity index (χ3n) is 4.14. The quantitative estimate of drug-likeness (QED) is 0.719. The number of rotatable bonds is 5. The van der Waals surface area contributed by atoms with Crippen molar-refractivity contribution in [2.24, 2.45) is 5.41 Å². The van der Waals surface area contributed by atoms with Crippen LogP contribution in [0.25, 0.3) is 0 Å². The van der Waals surface area contributed by atoms with Crippen molar-refractivity contribution < 1.29 is 0 Å². The van der Waals surface area contributed by atoms with E-state index in [0.717, 1.165) is 0 Å². The van der Waals surface area contributed by atoms with Crippen LogP contribution in [0.15, 0.2) is 0 Å². The molecular weight excluding hydrogens is 206 g/mol. The van der Waals surface area contributed by atoms with Crippen molar-refractivity contribution in [3.05, 3.63) is 0 Å². The van der Waals surface area contributed by atoms with E-state index in [-0.39, 0.29) is 0 Å². The first kappa shape index (κ1) is 15.0. The third-order valence-corrected chi connectivity index (χ3v) is 4.14. The zero-order valence-electron chi connectivity index (χ0n) is 12.6. The van der Waals surface area contributed by atoms with Gasteiger partial charge in [-0.3, -0.25) is 0 Å². The van der Waals surface area contributed by atoms with Gasteiger partial charge in [0.1, 0.15) is 0 Å². The van der Waals surface area contributed by atoms with E-state index in [1.54, 1.807) is 0 Å². The second-order valence-electron chi connectivity index (χ2n) is 7.18. The van der Waals surface area contributed by atoms with E-state index in [9.17, 15) is 0 Å². The minimum Gasteiger partial charge on any atom is -0.311 e. The molecule has 102 valence electrons. The van der Waals surface area contributed by atoms with E-state index in [0.29, 0.717) is 11.0 Å². The van der Waals surface area contributed by atoms with Crippen LogP contribution >= 0.6 is 0 Å². The van der Waals surface area contributed by atoms with Gasteiger partial charge in [-0.25, -0.2) is 0 Å². The predicted molar refractivity (Wildman–Crippen MR) is 77.4 cm³/mol. The Morgan fingerprint density at radius 2 is 1.82 bits per heavy atom. The van der Waals surface area contributed by atoms with E-state index in [1.165, 1.54) is 64.3 Å². The molecule has 1 fully saturated rings. The molecule has 0 saturated carbocycles. The molecule has 1 heterocycles. The summed E-state index contributed by atoms with van der Waals surface area (Å²) in [6.07, 6.45) is 12.5. The number of nitrogens with one attached hydrogen (secondary N) is 1. The molecule has 1 N–H and O–H groups in total. The van der Waals surface area contributed by atoms with Crippen molar-refractivity contribution >= 4 is 0 Å². The summed E-state index contributed by atoms with van der Waals surface area (Å²) in [5.74, 6) is 0. The molecule has 1 aliphatic rings. The smallest absolute Gasteiger partial charge is 0.0181 e. The Morgan fingerprint density at radius 1 is 1.06 bits per heavy atom. The van der Waals surface area contributed by atoms with Crippen molar-refractivity contribution in [1.29, 1.82) is 0 Å². The SMILES string of the molecule is CCCC1(CCCC(C)(C)C)CCCCCN1. The first-order valence-electron chi connectivity index (χ1n) is 7.72. The number of hydrogen-bond donors (Lipinski definition) is 1. The highest BCUT2D eigenvalue weighted by atomic mass is 15.0. The van der Waals surface area contributed by atoms with Gasteiger partial charge in [-0.1, -0.05) is 53.4 Å². The summed E-state index contributed by atoms with van der Waals surface area (Å²) in [4.78, 5) is 0. The van der Waals surface area contributed by atoms with E-state index < -0.39 is 0 Å². The van der Waals surface area contributed by atoms with Crippen LogP contribution in [0, 0.1) is 5.41 Å². The highest BCUT2D eigenvalue weighted by molar-refractivity contribution is 4.89. The second-order valence-corrected chi connectivity index (χ2v) is 7.18. The topological polar surface area (TPSA) is 12.0 Å². The minimum atomic E-state index is 0.483. The lowest BCUT2D eigenvalue weighted by Gasteiger charge is -2.35. The second kappa shape index (κ2) is 6.78. The van der Waals surface area contributed by atoms with Gasteiger partial charge < -0.3 is 5.32 Å². The van der Waals surface area contributed by atoms with Gasteiger partial charge in [-0.15, -0.1) is 0 Å². The molecular formula is C16H33N. The van der Waals surface area contributed by atoms with Crippen LogP contribution in [0.2, 0.25) is 0 Å². The van der Waals surface area contributed by atoms with E-state index in [4.69, 9.17) is 0 Å². The van der Waals surface area contributed by atoms with Gasteiger partial charge in [-0.2, -0.15) is 0 Å². The zero-order chi connectivity index (χ0) is 12.8. The Morgan fingerprint density at radius 3 is 2.47 bits per heavy atom. The van der Waals surface area contributed by atoms with Gasteiger partial charge in [-0.05, 0) is 44.1 Å². The summed E-state index contributed by atoms with van der Waals surface area (Å²) in [5.41, 5.74) is 0.981. The van der Waals surface area contributed by atoms with Gasteiger partial charge in [0.25, 0.3) is 0 Å². The fourth-order valence-electron chi connectivity index (χ4n) is 3.19. The maximum atomic E-state index is 3.88. The van der Waals surface area contributed by atoms with Crippen molar-refractivity contribution in [2.75, 3.05) is 6.54 Å². The molecule has 1 aliphatic heterocycles. The Balaban J connectivity index is 2.45. The Hall–Kier alpha value is -0.0400. The van der Waals surface area contributed by atoms with Crippen LogP contribution in [-0.2, 0) is 0 Å². The van der Waals surface area contributed by atoms with Crippen molar-refractivity contribution in [1.82, 2.24) is 5.32 Å². The van der Waals surface area contributed by atoms with Crippen molar-refractivity contribution in [3.63, 3.8) is 0 Å². The molecule has 1 saturated heterocycles. The summed E-state index contributed by atoms with van der Waals surface area (Å²) in [6.45, 7) is 10.7. The van der Waals surface area contributed by atoms with Gasteiger partial charge in [0.05, 0.1) is 0 Å². The molecule has 17 heavy (non-hydrogen) atoms. The lowest BCUT2D eigenvalue weighted by molar-refractivity contribution is 0.243. The molecule has 1 atom stereocenters. The van der Waals surface area contributed by atoms with E-state index >= 15 is 0 Å². The number of hydrogen-bond acceptors (Lipinski definition) is 1. The monoisotopic (exact) mass is 239 g/mol. The molecule has 1 rings (SSSR count). The molecule has 1 unspecified atom stereocenters. The van der Waals surface area contributed by atoms with Crippen LogP contribution in [0.4, 0.5) is 0 Å². The van der Waals surface area contributed by atoms with Crippen molar-refractivity contribution in [3.8, 4) is 0 Å². The van der Waals surface area contributed by atoms with Crippen LogP contribution < -0.4 is 5.32 Å². The summed E-state index contributed by atoms with van der Waals surface area (Å²) in [6, 6.07) is 0. The standard InChI is InChI=1S/C16H33N/c1-5-10-16(12-7-6-8-14-17-16)13-9-11-15(2,3)4/h17H,5-14H2,1-4H3. The average Bonchev–Trinajstić information content (AvgIpc) is 2.43. The maximum Gasteiger partial charge on any atom is 0.0181 e. The summed E-state index contributed by atoms with van der Waals surface area (Å²) < 4.78 is 0. The van der Waals surface area contributed by atoms with E-state index in [2.05, 4.69) is 33.0 Å². The summed E-state index contributed by atoms with van der Waals surface area (Å²) in [5, 5.41) is 3.88. The Kier molecular flexibility index (Phi) is 5.99. The summed E-state index contributed by atoms with van der Waals surface area (Å²) in [7, 11) is 0. The lowest BCUT2D eigenvalue weighted by atomic mass is 9.81. The Bertz CT molecular complexity index is 194. The van der Waals surface area contributed by atoms with Gasteiger partial charge in [0.15, 0.2) is 0 Å². The molecule has 0 aromatic heterocycles. The largest absolute Gasteiger partial charge is 0.311 e. The molecule has 0 aliphatic carbocycles. The highest BCUT2D eigenvalue weighted by Gasteiger charge is 2.29. The van der Waals surface area contributed by atoms with Gasteiger partial charge in [0.2, 0.25) is 0 Å². The van der Waals surface area contributed by atoms with Crippen LogP contribution in [0.5, 0.6) is 0 Å². The average molecular weight is 239 g/mol. The molecule has 1 heteroatoms. The van der Waals surface area contributed by atoms with Gasteiger partial charge >= 0.3 is 0 Å². The van der Waals surface area contributed by atoms with Crippen LogP contribution in [0.1, 0.15) is 85.5 Å².